The van der Waals surface area contributed by atoms with Crippen LogP contribution in [0.2, 0.25) is 0 Å². The molecule has 1 aliphatic heterocycles. The summed E-state index contributed by atoms with van der Waals surface area (Å²) in [5.74, 6) is -4.98. The third-order valence-electron chi connectivity index (χ3n) is 3.97. The first-order chi connectivity index (χ1) is 12.2. The zero-order valence-corrected chi connectivity index (χ0v) is 13.8. The van der Waals surface area contributed by atoms with Crippen LogP contribution in [-0.2, 0) is 4.79 Å². The molecule has 0 spiro atoms. The quantitative estimate of drug-likeness (QED) is 0.707. The predicted molar refractivity (Wildman–Crippen MR) is 84.1 cm³/mol. The molecule has 3 N–H and O–H groups in total. The second kappa shape index (κ2) is 8.35. The van der Waals surface area contributed by atoms with Crippen molar-refractivity contribution in [3.8, 4) is 5.75 Å². The Morgan fingerprint density at radius 2 is 2.04 bits per heavy atom. The lowest BCUT2D eigenvalue weighted by atomic mass is 10.1. The van der Waals surface area contributed by atoms with E-state index in [2.05, 4.69) is 10.1 Å². The lowest BCUT2D eigenvalue weighted by Gasteiger charge is -2.25. The minimum absolute atomic E-state index is 0.125. The van der Waals surface area contributed by atoms with Gasteiger partial charge in [-0.25, -0.2) is 8.78 Å². The number of ether oxygens (including phenoxy) is 1. The summed E-state index contributed by atoms with van der Waals surface area (Å²) >= 11 is 0. The summed E-state index contributed by atoms with van der Waals surface area (Å²) in [4.78, 5) is 26.0. The number of amides is 2. The number of alkyl halides is 4. The number of rotatable bonds is 7. The minimum atomic E-state index is -3.25. The van der Waals surface area contributed by atoms with Crippen LogP contribution in [0.5, 0.6) is 5.75 Å². The average Bonchev–Trinajstić information content (AvgIpc) is 3.09. The van der Waals surface area contributed by atoms with Gasteiger partial charge in [0.1, 0.15) is 11.8 Å². The number of carbonyl (C=O) groups is 2. The van der Waals surface area contributed by atoms with Crippen molar-refractivity contribution in [1.82, 2.24) is 10.2 Å². The Morgan fingerprint density at radius 3 is 2.69 bits per heavy atom. The first-order valence-corrected chi connectivity index (χ1v) is 7.95. The van der Waals surface area contributed by atoms with Gasteiger partial charge in [0.15, 0.2) is 0 Å². The Hall–Kier alpha value is -2.36. The Kier molecular flexibility index (Phi) is 6.41. The van der Waals surface area contributed by atoms with Crippen LogP contribution in [0.25, 0.3) is 0 Å². The van der Waals surface area contributed by atoms with Crippen LogP contribution in [-0.4, -0.2) is 54.9 Å². The molecule has 0 aliphatic carbocycles. The van der Waals surface area contributed by atoms with Crippen molar-refractivity contribution < 1.29 is 31.9 Å². The first-order valence-electron chi connectivity index (χ1n) is 7.95. The second-order valence-corrected chi connectivity index (χ2v) is 5.81. The van der Waals surface area contributed by atoms with Crippen LogP contribution in [0.1, 0.15) is 23.2 Å². The highest BCUT2D eigenvalue weighted by molar-refractivity contribution is 6.00. The smallest absolute Gasteiger partial charge is 0.387 e. The number of nitrogens with two attached hydrogens (primary N) is 1. The van der Waals surface area contributed by atoms with Crippen molar-refractivity contribution in [1.29, 1.82) is 0 Å². The Morgan fingerprint density at radius 1 is 1.35 bits per heavy atom. The molecule has 0 aromatic heterocycles. The molecule has 2 rings (SSSR count). The van der Waals surface area contributed by atoms with Gasteiger partial charge in [-0.05, 0) is 25.0 Å². The van der Waals surface area contributed by atoms with E-state index in [1.54, 1.807) is 0 Å². The summed E-state index contributed by atoms with van der Waals surface area (Å²) in [7, 11) is 0. The summed E-state index contributed by atoms with van der Waals surface area (Å²) in [5.41, 5.74) is 4.79. The van der Waals surface area contributed by atoms with Crippen LogP contribution in [0.4, 0.5) is 17.6 Å². The van der Waals surface area contributed by atoms with Crippen LogP contribution in [0.15, 0.2) is 24.3 Å². The Labute approximate surface area is 147 Å². The molecule has 1 fully saturated rings. The summed E-state index contributed by atoms with van der Waals surface area (Å²) in [6.45, 7) is -4.77. The van der Waals surface area contributed by atoms with Gasteiger partial charge >= 0.3 is 6.61 Å². The standard InChI is InChI=1S/C16H19F4N3O3/c17-15(18)26-12-6-2-1-4-10(12)14(25)23-7-3-5-11(23)13(24)22-9-16(19,20)8-21/h1-2,4,6,11,15H,3,5,7-9,21H2,(H,22,24). The minimum Gasteiger partial charge on any atom is -0.434 e. The van der Waals surface area contributed by atoms with Crippen LogP contribution < -0.4 is 15.8 Å². The molecule has 1 unspecified atom stereocenters. The van der Waals surface area contributed by atoms with Crippen LogP contribution in [0, 0.1) is 0 Å². The molecule has 144 valence electrons. The summed E-state index contributed by atoms with van der Waals surface area (Å²) in [6.07, 6.45) is 0.763. The fraction of sp³-hybridized carbons (Fsp3) is 0.500. The van der Waals surface area contributed by atoms with Gasteiger partial charge in [0.25, 0.3) is 11.8 Å². The van der Waals surface area contributed by atoms with Gasteiger partial charge < -0.3 is 20.7 Å². The van der Waals surface area contributed by atoms with E-state index in [4.69, 9.17) is 5.73 Å². The van der Waals surface area contributed by atoms with Crippen molar-refractivity contribution in [2.24, 2.45) is 5.73 Å². The molecule has 1 atom stereocenters. The van der Waals surface area contributed by atoms with Crippen LogP contribution >= 0.6 is 0 Å². The fourth-order valence-electron chi connectivity index (χ4n) is 2.69. The Bertz CT molecular complexity index is 657. The highest BCUT2D eigenvalue weighted by Crippen LogP contribution is 2.26. The van der Waals surface area contributed by atoms with E-state index in [9.17, 15) is 27.2 Å². The number of halogens is 4. The van der Waals surface area contributed by atoms with Crippen molar-refractivity contribution >= 4 is 11.8 Å². The molecule has 2 amide bonds. The number of hydrogen-bond donors (Lipinski definition) is 2. The van der Waals surface area contributed by atoms with Crippen molar-refractivity contribution in [2.75, 3.05) is 19.6 Å². The highest BCUT2D eigenvalue weighted by Gasteiger charge is 2.37. The van der Waals surface area contributed by atoms with Gasteiger partial charge in [0.05, 0.1) is 18.7 Å². The van der Waals surface area contributed by atoms with Crippen molar-refractivity contribution in [2.45, 2.75) is 31.4 Å². The maximum Gasteiger partial charge on any atom is 0.387 e. The largest absolute Gasteiger partial charge is 0.434 e. The van der Waals surface area contributed by atoms with Gasteiger partial charge in [-0.15, -0.1) is 0 Å². The van der Waals surface area contributed by atoms with E-state index in [0.29, 0.717) is 6.42 Å². The molecule has 1 saturated heterocycles. The number of benzene rings is 1. The molecule has 1 aromatic carbocycles. The molecule has 10 heteroatoms. The Balaban J connectivity index is 2.12. The molecular formula is C16H19F4N3O3. The molecule has 0 radical (unpaired) electrons. The van der Waals surface area contributed by atoms with E-state index in [-0.39, 0.29) is 24.3 Å². The number of nitrogens with zero attached hydrogens (tertiary/aromatic N) is 1. The van der Waals surface area contributed by atoms with Gasteiger partial charge in [-0.3, -0.25) is 9.59 Å². The monoisotopic (exact) mass is 377 g/mol. The normalized spacial score (nSPS) is 17.5. The van der Waals surface area contributed by atoms with E-state index in [0.717, 1.165) is 0 Å². The van der Waals surface area contributed by atoms with E-state index < -0.39 is 43.5 Å². The molecule has 1 aliphatic rings. The van der Waals surface area contributed by atoms with Gasteiger partial charge in [-0.2, -0.15) is 8.78 Å². The van der Waals surface area contributed by atoms with Gasteiger partial charge in [-0.1, -0.05) is 12.1 Å². The zero-order valence-electron chi connectivity index (χ0n) is 13.8. The maximum atomic E-state index is 13.2. The molecular weight excluding hydrogens is 358 g/mol. The lowest BCUT2D eigenvalue weighted by molar-refractivity contribution is -0.126. The lowest BCUT2D eigenvalue weighted by Crippen LogP contribution is -2.49. The average molecular weight is 377 g/mol. The molecule has 6 nitrogen and oxygen atoms in total. The number of carbonyl (C=O) groups excluding carboxylic acids is 2. The SMILES string of the molecule is NCC(F)(F)CNC(=O)C1CCCN1C(=O)c1ccccc1OC(F)F. The number of hydrogen-bond acceptors (Lipinski definition) is 4. The van der Waals surface area contributed by atoms with Crippen LogP contribution in [0.3, 0.4) is 0 Å². The number of para-hydroxylation sites is 1. The van der Waals surface area contributed by atoms with Gasteiger partial charge in [0, 0.05) is 6.54 Å². The molecule has 1 aromatic rings. The molecule has 0 saturated carbocycles. The van der Waals surface area contributed by atoms with E-state index in [1.165, 1.54) is 29.2 Å². The summed E-state index contributed by atoms with van der Waals surface area (Å²) in [6, 6.07) is 4.45. The highest BCUT2D eigenvalue weighted by atomic mass is 19.3. The third-order valence-corrected chi connectivity index (χ3v) is 3.97. The zero-order chi connectivity index (χ0) is 19.3. The molecule has 1 heterocycles. The fourth-order valence-corrected chi connectivity index (χ4v) is 2.69. The molecule has 26 heavy (non-hydrogen) atoms. The molecule has 0 bridgehead atoms. The van der Waals surface area contributed by atoms with Gasteiger partial charge in [0.2, 0.25) is 5.91 Å². The number of likely N-dealkylation sites (tertiary alicyclic amines) is 1. The topological polar surface area (TPSA) is 84.7 Å². The van der Waals surface area contributed by atoms with E-state index in [1.807, 2.05) is 0 Å². The third kappa shape index (κ3) is 4.84. The van der Waals surface area contributed by atoms with E-state index >= 15 is 0 Å². The second-order valence-electron chi connectivity index (χ2n) is 5.81. The predicted octanol–water partition coefficient (Wildman–Crippen LogP) is 1.60. The number of nitrogens with one attached hydrogen (secondary N) is 1. The van der Waals surface area contributed by atoms with Crippen molar-refractivity contribution in [3.63, 3.8) is 0 Å². The first kappa shape index (κ1) is 20.0. The summed E-state index contributed by atoms with van der Waals surface area (Å²) in [5, 5.41) is 2.08. The maximum absolute atomic E-state index is 13.2. The van der Waals surface area contributed by atoms with Crippen molar-refractivity contribution in [3.05, 3.63) is 29.8 Å². The summed E-state index contributed by atoms with van der Waals surface area (Å²) < 4.78 is 55.7.